The maximum atomic E-state index is 11.5. The lowest BCUT2D eigenvalue weighted by Crippen LogP contribution is -2.16. The van der Waals surface area contributed by atoms with Crippen molar-refractivity contribution in [1.29, 1.82) is 0 Å². The van der Waals surface area contributed by atoms with Crippen LogP contribution in [0.5, 0.6) is 0 Å². The van der Waals surface area contributed by atoms with Crippen molar-refractivity contribution in [2.75, 3.05) is 19.7 Å². The number of hydrogen-bond acceptors (Lipinski definition) is 4. The quantitative estimate of drug-likeness (QED) is 0.848. The minimum absolute atomic E-state index is 0. The van der Waals surface area contributed by atoms with Gasteiger partial charge in [-0.3, -0.25) is 4.79 Å². The average Bonchev–Trinajstić information content (AvgIpc) is 2.64. The molecular weight excluding hydrogens is 290 g/mol. The van der Waals surface area contributed by atoms with Crippen LogP contribution in [0.2, 0.25) is 0 Å². The van der Waals surface area contributed by atoms with Gasteiger partial charge in [0.25, 0.3) is 0 Å². The number of ether oxygens (including phenoxy) is 1. The van der Waals surface area contributed by atoms with Crippen molar-refractivity contribution >= 4 is 29.4 Å². The van der Waals surface area contributed by atoms with E-state index in [0.29, 0.717) is 12.4 Å². The van der Waals surface area contributed by atoms with Crippen LogP contribution in [-0.2, 0) is 28.8 Å². The van der Waals surface area contributed by atoms with Crippen LogP contribution in [0.25, 0.3) is 11.0 Å². The molecule has 0 amide bonds. The fourth-order valence-corrected chi connectivity index (χ4v) is 2.67. The molecule has 2 N–H and O–H groups in total. The highest BCUT2D eigenvalue weighted by Gasteiger charge is 2.13. The fraction of sp³-hybridized carbons (Fsp3) is 0.467. The average molecular weight is 310 g/mol. The monoisotopic (exact) mass is 309 g/mol. The lowest BCUT2D eigenvalue weighted by atomic mass is 10.0. The first kappa shape index (κ1) is 15.8. The Hall–Kier alpha value is -1.59. The summed E-state index contributed by atoms with van der Waals surface area (Å²) in [4.78, 5) is 19.2. The zero-order valence-corrected chi connectivity index (χ0v) is 12.9. The van der Waals surface area contributed by atoms with Crippen LogP contribution in [-0.4, -0.2) is 35.6 Å². The molecule has 0 bridgehead atoms. The van der Waals surface area contributed by atoms with E-state index in [0.717, 1.165) is 37.0 Å². The van der Waals surface area contributed by atoms with E-state index in [4.69, 9.17) is 4.74 Å². The Morgan fingerprint density at radius 3 is 2.71 bits per heavy atom. The maximum Gasteiger partial charge on any atom is 0.313 e. The largest absolute Gasteiger partial charge is 0.466 e. The third-order valence-electron chi connectivity index (χ3n) is 3.61. The zero-order valence-electron chi connectivity index (χ0n) is 12.1. The van der Waals surface area contributed by atoms with E-state index in [1.165, 1.54) is 11.1 Å². The van der Waals surface area contributed by atoms with Gasteiger partial charge in [-0.25, -0.2) is 4.98 Å². The highest BCUT2D eigenvalue weighted by Crippen LogP contribution is 2.21. The highest BCUT2D eigenvalue weighted by molar-refractivity contribution is 5.85. The number of H-pyrrole nitrogens is 1. The maximum absolute atomic E-state index is 11.5. The molecule has 2 heterocycles. The molecular formula is C15H20ClN3O2. The summed E-state index contributed by atoms with van der Waals surface area (Å²) in [7, 11) is 0. The van der Waals surface area contributed by atoms with Crippen LogP contribution >= 0.6 is 12.4 Å². The fourth-order valence-electron chi connectivity index (χ4n) is 2.67. The molecule has 0 aliphatic carbocycles. The molecule has 0 fully saturated rings. The Labute approximate surface area is 129 Å². The van der Waals surface area contributed by atoms with Gasteiger partial charge < -0.3 is 15.0 Å². The van der Waals surface area contributed by atoms with Crippen molar-refractivity contribution in [3.63, 3.8) is 0 Å². The van der Waals surface area contributed by atoms with E-state index in [1.807, 2.05) is 6.92 Å². The van der Waals surface area contributed by atoms with Crippen LogP contribution in [0.1, 0.15) is 23.9 Å². The first-order valence-corrected chi connectivity index (χ1v) is 7.13. The second-order valence-corrected chi connectivity index (χ2v) is 5.05. The van der Waals surface area contributed by atoms with Crippen LogP contribution < -0.4 is 5.32 Å². The van der Waals surface area contributed by atoms with E-state index >= 15 is 0 Å². The molecule has 3 rings (SSSR count). The topological polar surface area (TPSA) is 67.0 Å². The van der Waals surface area contributed by atoms with E-state index in [-0.39, 0.29) is 24.8 Å². The molecule has 0 unspecified atom stereocenters. The van der Waals surface area contributed by atoms with Crippen LogP contribution in [0.4, 0.5) is 0 Å². The number of imidazole rings is 1. The van der Waals surface area contributed by atoms with Gasteiger partial charge in [-0.05, 0) is 56.1 Å². The molecule has 1 aliphatic heterocycles. The number of esters is 1. The predicted octanol–water partition coefficient (Wildman–Crippen LogP) is 1.78. The van der Waals surface area contributed by atoms with Gasteiger partial charge in [0.2, 0.25) is 0 Å². The summed E-state index contributed by atoms with van der Waals surface area (Å²) in [6, 6.07) is 4.31. The summed E-state index contributed by atoms with van der Waals surface area (Å²) in [5.74, 6) is 0.439. The number of benzene rings is 1. The first-order valence-electron chi connectivity index (χ1n) is 7.13. The number of carbonyl (C=O) groups is 1. The van der Waals surface area contributed by atoms with Crippen LogP contribution in [0.3, 0.4) is 0 Å². The summed E-state index contributed by atoms with van der Waals surface area (Å²) in [6.45, 7) is 4.24. The summed E-state index contributed by atoms with van der Waals surface area (Å²) < 4.78 is 4.95. The zero-order chi connectivity index (χ0) is 13.9. The number of rotatable bonds is 3. The van der Waals surface area contributed by atoms with Crippen molar-refractivity contribution in [1.82, 2.24) is 15.3 Å². The van der Waals surface area contributed by atoms with Gasteiger partial charge in [-0.2, -0.15) is 0 Å². The molecule has 0 radical (unpaired) electrons. The van der Waals surface area contributed by atoms with Crippen molar-refractivity contribution in [2.45, 2.75) is 26.2 Å². The normalized spacial score (nSPS) is 14.1. The second-order valence-electron chi connectivity index (χ2n) is 5.05. The van der Waals surface area contributed by atoms with E-state index in [1.54, 1.807) is 0 Å². The molecule has 1 aliphatic rings. The number of nitrogens with one attached hydrogen (secondary N) is 2. The Balaban J connectivity index is 0.00000161. The smallest absolute Gasteiger partial charge is 0.313 e. The van der Waals surface area contributed by atoms with E-state index in [2.05, 4.69) is 27.4 Å². The third kappa shape index (κ3) is 3.54. The van der Waals surface area contributed by atoms with Gasteiger partial charge in [-0.1, -0.05) is 0 Å². The van der Waals surface area contributed by atoms with Crippen LogP contribution in [0.15, 0.2) is 12.1 Å². The Morgan fingerprint density at radius 2 is 2.00 bits per heavy atom. The van der Waals surface area contributed by atoms with Crippen molar-refractivity contribution in [3.05, 3.63) is 29.1 Å². The molecule has 2 aromatic rings. The lowest BCUT2D eigenvalue weighted by molar-refractivity contribution is -0.142. The molecule has 21 heavy (non-hydrogen) atoms. The highest BCUT2D eigenvalue weighted by atomic mass is 35.5. The number of nitrogens with zero attached hydrogens (tertiary/aromatic N) is 1. The Morgan fingerprint density at radius 1 is 1.29 bits per heavy atom. The van der Waals surface area contributed by atoms with Crippen LogP contribution in [0, 0.1) is 0 Å². The molecule has 6 heteroatoms. The van der Waals surface area contributed by atoms with Gasteiger partial charge in [0.15, 0.2) is 0 Å². The van der Waals surface area contributed by atoms with Crippen molar-refractivity contribution < 1.29 is 9.53 Å². The van der Waals surface area contributed by atoms with Gasteiger partial charge in [0.05, 0.1) is 17.6 Å². The third-order valence-corrected chi connectivity index (χ3v) is 3.61. The molecule has 1 aromatic heterocycles. The molecule has 1 aromatic carbocycles. The summed E-state index contributed by atoms with van der Waals surface area (Å²) in [5.41, 5.74) is 4.67. The molecule has 5 nitrogen and oxygen atoms in total. The number of halogens is 1. The lowest BCUT2D eigenvalue weighted by Gasteiger charge is -2.03. The molecule has 0 atom stereocenters. The molecule has 0 saturated carbocycles. The number of aromatic amines is 1. The van der Waals surface area contributed by atoms with Gasteiger partial charge >= 0.3 is 5.97 Å². The van der Waals surface area contributed by atoms with Gasteiger partial charge in [-0.15, -0.1) is 12.4 Å². The minimum atomic E-state index is -0.239. The Kier molecular flexibility index (Phi) is 5.20. The molecule has 114 valence electrons. The molecule has 0 saturated heterocycles. The van der Waals surface area contributed by atoms with Crippen molar-refractivity contribution in [3.8, 4) is 0 Å². The van der Waals surface area contributed by atoms with Gasteiger partial charge in [0, 0.05) is 0 Å². The van der Waals surface area contributed by atoms with E-state index < -0.39 is 0 Å². The number of fused-ring (bicyclic) bond motifs is 2. The van der Waals surface area contributed by atoms with Gasteiger partial charge in [0.1, 0.15) is 12.2 Å². The minimum Gasteiger partial charge on any atom is -0.466 e. The predicted molar refractivity (Wildman–Crippen MR) is 84.0 cm³/mol. The molecule has 0 spiro atoms. The van der Waals surface area contributed by atoms with E-state index in [9.17, 15) is 4.79 Å². The standard InChI is InChI=1S/C15H19N3O2.ClH/c1-2-20-15(19)9-14-17-12-7-10-3-5-16-6-4-11(10)8-13(12)18-14;/h7-8,16H,2-6,9H2,1H3,(H,17,18);1H. The number of hydrogen-bond donors (Lipinski definition) is 2. The van der Waals surface area contributed by atoms with Crippen molar-refractivity contribution in [2.24, 2.45) is 0 Å². The summed E-state index contributed by atoms with van der Waals surface area (Å²) in [6.07, 6.45) is 2.28. The number of carbonyl (C=O) groups excluding carboxylic acids is 1. The Bertz CT molecular complexity index is 596. The summed E-state index contributed by atoms with van der Waals surface area (Å²) in [5, 5.41) is 3.40. The second kappa shape index (κ2) is 6.91. The SMILES string of the molecule is CCOC(=O)Cc1nc2cc3c(cc2[nH]1)CCNCC3.Cl. The number of aromatic nitrogens is 2. The summed E-state index contributed by atoms with van der Waals surface area (Å²) >= 11 is 0. The first-order chi connectivity index (χ1) is 9.76.